The highest BCUT2D eigenvalue weighted by atomic mass is 19.1. The first-order valence-corrected chi connectivity index (χ1v) is 9.17. The molecule has 4 rings (SSSR count). The summed E-state index contributed by atoms with van der Waals surface area (Å²) >= 11 is 0. The Morgan fingerprint density at radius 1 is 1.17 bits per heavy atom. The maximum atomic E-state index is 13.1. The molecule has 2 aromatic heterocycles. The zero-order valence-electron chi connectivity index (χ0n) is 16.1. The van der Waals surface area contributed by atoms with E-state index in [1.807, 2.05) is 6.08 Å². The fourth-order valence-electron chi connectivity index (χ4n) is 3.05. The Hall–Kier alpha value is -4.07. The first kappa shape index (κ1) is 19.3. The molecule has 7 nitrogen and oxygen atoms in total. The zero-order chi connectivity index (χ0) is 20.9. The van der Waals surface area contributed by atoms with Crippen LogP contribution in [-0.4, -0.2) is 33.2 Å². The van der Waals surface area contributed by atoms with Crippen LogP contribution in [0.15, 0.2) is 55.0 Å². The van der Waals surface area contributed by atoms with Gasteiger partial charge in [-0.05, 0) is 35.9 Å². The standard InChI is InChI=1S/C22H18FN5O2/c1-30-21-17(22(29)26-13-16-12-24-10-11-25-16)7-9-19-20(21)18(27-28-19)8-4-14-2-5-15(23)6-3-14/h2-12H,13H2,1H3,(H,26,29)(H,27,28). The Bertz CT molecular complexity index is 1200. The Labute approximate surface area is 171 Å². The van der Waals surface area contributed by atoms with Gasteiger partial charge in [0, 0.05) is 12.4 Å². The summed E-state index contributed by atoms with van der Waals surface area (Å²) in [6.45, 7) is 0.247. The number of aromatic nitrogens is 4. The van der Waals surface area contributed by atoms with Gasteiger partial charge in [0.1, 0.15) is 11.6 Å². The van der Waals surface area contributed by atoms with Gasteiger partial charge in [0.15, 0.2) is 0 Å². The van der Waals surface area contributed by atoms with Crippen LogP contribution in [0.5, 0.6) is 5.75 Å². The van der Waals surface area contributed by atoms with E-state index in [4.69, 9.17) is 4.74 Å². The lowest BCUT2D eigenvalue weighted by atomic mass is 10.1. The van der Waals surface area contributed by atoms with Crippen molar-refractivity contribution < 1.29 is 13.9 Å². The van der Waals surface area contributed by atoms with Crippen molar-refractivity contribution in [2.75, 3.05) is 7.11 Å². The monoisotopic (exact) mass is 403 g/mol. The molecule has 8 heteroatoms. The van der Waals surface area contributed by atoms with Crippen molar-refractivity contribution in [3.05, 3.63) is 83.3 Å². The van der Waals surface area contributed by atoms with Gasteiger partial charge < -0.3 is 10.1 Å². The van der Waals surface area contributed by atoms with E-state index in [1.165, 1.54) is 19.2 Å². The van der Waals surface area contributed by atoms with Gasteiger partial charge in [-0.15, -0.1) is 0 Å². The Balaban J connectivity index is 1.64. The number of carbonyl (C=O) groups is 1. The summed E-state index contributed by atoms with van der Waals surface area (Å²) in [5.41, 5.74) is 3.19. The molecule has 2 heterocycles. The van der Waals surface area contributed by atoms with Crippen molar-refractivity contribution in [3.8, 4) is 5.75 Å². The molecule has 0 atom stereocenters. The van der Waals surface area contributed by atoms with Crippen LogP contribution in [0.3, 0.4) is 0 Å². The summed E-state index contributed by atoms with van der Waals surface area (Å²) in [5, 5.41) is 10.8. The van der Waals surface area contributed by atoms with Crippen LogP contribution in [0, 0.1) is 5.82 Å². The zero-order valence-corrected chi connectivity index (χ0v) is 16.1. The molecule has 0 spiro atoms. The molecule has 0 aliphatic carbocycles. The van der Waals surface area contributed by atoms with E-state index in [0.717, 1.165) is 11.1 Å². The molecule has 0 bridgehead atoms. The van der Waals surface area contributed by atoms with Gasteiger partial charge in [0.05, 0.1) is 47.7 Å². The third-order valence-electron chi connectivity index (χ3n) is 4.51. The molecule has 0 unspecified atom stereocenters. The molecule has 0 aliphatic heterocycles. The van der Waals surface area contributed by atoms with Crippen LogP contribution in [0.2, 0.25) is 0 Å². The molecule has 0 radical (unpaired) electrons. The van der Waals surface area contributed by atoms with Gasteiger partial charge >= 0.3 is 0 Å². The fraction of sp³-hybridized carbons (Fsp3) is 0.0909. The summed E-state index contributed by atoms with van der Waals surface area (Å²) in [6, 6.07) is 9.58. The van der Waals surface area contributed by atoms with Gasteiger partial charge in [-0.1, -0.05) is 18.2 Å². The average molecular weight is 403 g/mol. The molecular formula is C22H18FN5O2. The normalized spacial score (nSPS) is 11.1. The molecule has 0 fully saturated rings. The van der Waals surface area contributed by atoms with E-state index in [1.54, 1.807) is 48.9 Å². The molecule has 0 saturated heterocycles. The minimum Gasteiger partial charge on any atom is -0.495 e. The van der Waals surface area contributed by atoms with Crippen molar-refractivity contribution in [2.45, 2.75) is 6.54 Å². The van der Waals surface area contributed by atoms with Crippen molar-refractivity contribution in [1.82, 2.24) is 25.5 Å². The highest BCUT2D eigenvalue weighted by Gasteiger charge is 2.18. The van der Waals surface area contributed by atoms with Crippen LogP contribution >= 0.6 is 0 Å². The lowest BCUT2D eigenvalue weighted by molar-refractivity contribution is 0.0947. The number of halogens is 1. The highest BCUT2D eigenvalue weighted by molar-refractivity contribution is 6.05. The number of fused-ring (bicyclic) bond motifs is 1. The number of hydrogen-bond donors (Lipinski definition) is 2. The molecular weight excluding hydrogens is 385 g/mol. The van der Waals surface area contributed by atoms with Gasteiger partial charge in [-0.3, -0.25) is 19.9 Å². The van der Waals surface area contributed by atoms with Crippen molar-refractivity contribution in [1.29, 1.82) is 0 Å². The molecule has 0 saturated carbocycles. The first-order valence-electron chi connectivity index (χ1n) is 9.17. The number of ether oxygens (including phenoxy) is 1. The quantitative estimate of drug-likeness (QED) is 0.513. The number of benzene rings is 2. The number of rotatable bonds is 6. The number of aromatic amines is 1. The van der Waals surface area contributed by atoms with E-state index in [9.17, 15) is 9.18 Å². The van der Waals surface area contributed by atoms with Crippen LogP contribution < -0.4 is 10.1 Å². The maximum absolute atomic E-state index is 13.1. The smallest absolute Gasteiger partial charge is 0.255 e. The van der Waals surface area contributed by atoms with Gasteiger partial charge in [-0.25, -0.2) is 4.39 Å². The molecule has 0 aliphatic rings. The van der Waals surface area contributed by atoms with Gasteiger partial charge in [-0.2, -0.15) is 5.10 Å². The summed E-state index contributed by atoms with van der Waals surface area (Å²) < 4.78 is 18.7. The Morgan fingerprint density at radius 2 is 2.00 bits per heavy atom. The lowest BCUT2D eigenvalue weighted by Crippen LogP contribution is -2.24. The Kier molecular flexibility index (Phi) is 5.47. The third-order valence-corrected chi connectivity index (χ3v) is 4.51. The van der Waals surface area contributed by atoms with Crippen LogP contribution in [0.25, 0.3) is 23.1 Å². The first-order chi connectivity index (χ1) is 14.7. The molecule has 2 N–H and O–H groups in total. The topological polar surface area (TPSA) is 92.8 Å². The lowest BCUT2D eigenvalue weighted by Gasteiger charge is -2.10. The van der Waals surface area contributed by atoms with E-state index >= 15 is 0 Å². The van der Waals surface area contributed by atoms with Crippen LogP contribution in [-0.2, 0) is 6.54 Å². The van der Waals surface area contributed by atoms with E-state index in [0.29, 0.717) is 28.1 Å². The highest BCUT2D eigenvalue weighted by Crippen LogP contribution is 2.32. The summed E-state index contributed by atoms with van der Waals surface area (Å²) in [6.07, 6.45) is 8.34. The molecule has 4 aromatic rings. The van der Waals surface area contributed by atoms with Crippen molar-refractivity contribution in [3.63, 3.8) is 0 Å². The average Bonchev–Trinajstić information content (AvgIpc) is 3.20. The van der Waals surface area contributed by atoms with Crippen LogP contribution in [0.1, 0.15) is 27.3 Å². The van der Waals surface area contributed by atoms with Gasteiger partial charge in [0.2, 0.25) is 0 Å². The second-order valence-electron chi connectivity index (χ2n) is 6.44. The number of nitrogens with zero attached hydrogens (tertiary/aromatic N) is 3. The number of carbonyl (C=O) groups excluding carboxylic acids is 1. The SMILES string of the molecule is COc1c(C(=O)NCc2cnccn2)ccc2[nH]nc(C=Cc3ccc(F)cc3)c12. The molecule has 1 amide bonds. The molecule has 150 valence electrons. The predicted octanol–water partition coefficient (Wildman–Crippen LogP) is 3.60. The number of amides is 1. The number of hydrogen-bond acceptors (Lipinski definition) is 5. The summed E-state index contributed by atoms with van der Waals surface area (Å²) in [5.74, 6) is -0.179. The van der Waals surface area contributed by atoms with Crippen molar-refractivity contribution in [2.24, 2.45) is 0 Å². The van der Waals surface area contributed by atoms with E-state index in [-0.39, 0.29) is 18.3 Å². The Morgan fingerprint density at radius 3 is 2.73 bits per heavy atom. The maximum Gasteiger partial charge on any atom is 0.255 e. The second kappa shape index (κ2) is 8.52. The molecule has 2 aromatic carbocycles. The largest absolute Gasteiger partial charge is 0.495 e. The minimum atomic E-state index is -0.297. The number of nitrogens with one attached hydrogen (secondary N) is 2. The van der Waals surface area contributed by atoms with E-state index in [2.05, 4.69) is 25.5 Å². The number of H-pyrrole nitrogens is 1. The number of methoxy groups -OCH3 is 1. The fourth-order valence-corrected chi connectivity index (χ4v) is 3.05. The minimum absolute atomic E-state index is 0.247. The van der Waals surface area contributed by atoms with Gasteiger partial charge in [0.25, 0.3) is 5.91 Å². The third kappa shape index (κ3) is 4.02. The second-order valence-corrected chi connectivity index (χ2v) is 6.44. The van der Waals surface area contributed by atoms with E-state index < -0.39 is 0 Å². The molecule has 30 heavy (non-hydrogen) atoms. The van der Waals surface area contributed by atoms with Crippen LogP contribution in [0.4, 0.5) is 4.39 Å². The van der Waals surface area contributed by atoms with Crippen molar-refractivity contribution >= 4 is 29.0 Å². The summed E-state index contributed by atoms with van der Waals surface area (Å²) in [7, 11) is 1.51. The summed E-state index contributed by atoms with van der Waals surface area (Å²) in [4.78, 5) is 20.9. The predicted molar refractivity (Wildman–Crippen MR) is 111 cm³/mol.